The summed E-state index contributed by atoms with van der Waals surface area (Å²) < 4.78 is 39.4. The van der Waals surface area contributed by atoms with Crippen molar-refractivity contribution in [3.05, 3.63) is 72.3 Å². The molecule has 1 atom stereocenters. The van der Waals surface area contributed by atoms with Crippen LogP contribution < -0.4 is 5.32 Å². The predicted octanol–water partition coefficient (Wildman–Crippen LogP) is 3.24. The largest absolute Gasteiger partial charge is 0.361 e. The van der Waals surface area contributed by atoms with Crippen LogP contribution in [0.4, 0.5) is 5.69 Å². The van der Waals surface area contributed by atoms with Crippen molar-refractivity contribution >= 4 is 38.3 Å². The third-order valence-electron chi connectivity index (χ3n) is 4.97. The third kappa shape index (κ3) is 4.11. The molecule has 0 heterocycles. The number of amides is 1. The van der Waals surface area contributed by atoms with E-state index in [-0.39, 0.29) is 17.5 Å². The Balaban J connectivity index is 2.09. The van der Waals surface area contributed by atoms with E-state index in [1.807, 2.05) is 0 Å². The first-order valence-electron chi connectivity index (χ1n) is 9.10. The number of nitrogens with one attached hydrogen (secondary N) is 1. The standard InChI is InChI=1S/C22H21NO6S/c1-15(24)22(29-2,14-16-8-4-3-5-9-16)21(25)23-19-13-12-17-10-6-7-11-18(17)20(19)30(26,27)28/h3-13H,14H2,1-2H3,(H,23,25)(H,26,27,28). The summed E-state index contributed by atoms with van der Waals surface area (Å²) >= 11 is 0. The van der Waals surface area contributed by atoms with Crippen molar-refractivity contribution in [1.29, 1.82) is 0 Å². The second-order valence-electron chi connectivity index (χ2n) is 6.84. The Morgan fingerprint density at radius 3 is 2.23 bits per heavy atom. The molecule has 0 saturated carbocycles. The molecule has 0 aromatic heterocycles. The van der Waals surface area contributed by atoms with Crippen LogP contribution in [0.15, 0.2) is 71.6 Å². The van der Waals surface area contributed by atoms with E-state index < -0.39 is 32.3 Å². The highest BCUT2D eigenvalue weighted by Crippen LogP contribution is 2.32. The average molecular weight is 427 g/mol. The van der Waals surface area contributed by atoms with Crippen LogP contribution in [-0.4, -0.2) is 37.4 Å². The van der Waals surface area contributed by atoms with Gasteiger partial charge in [0.05, 0.1) is 5.69 Å². The molecule has 0 aliphatic rings. The molecule has 0 aliphatic heterocycles. The molecule has 0 bridgehead atoms. The number of fused-ring (bicyclic) bond motifs is 1. The summed E-state index contributed by atoms with van der Waals surface area (Å²) in [5, 5.41) is 3.29. The fourth-order valence-corrected chi connectivity index (χ4v) is 4.26. The maximum absolute atomic E-state index is 13.2. The van der Waals surface area contributed by atoms with E-state index in [2.05, 4.69) is 5.32 Å². The summed E-state index contributed by atoms with van der Waals surface area (Å²) in [6.07, 6.45) is -0.0414. The van der Waals surface area contributed by atoms with E-state index in [0.29, 0.717) is 10.9 Å². The van der Waals surface area contributed by atoms with Crippen LogP contribution >= 0.6 is 0 Å². The van der Waals surface area contributed by atoms with E-state index in [1.165, 1.54) is 26.2 Å². The first-order valence-corrected chi connectivity index (χ1v) is 10.5. The molecule has 8 heteroatoms. The molecule has 2 N–H and O–H groups in total. The summed E-state index contributed by atoms with van der Waals surface area (Å²) in [7, 11) is -3.43. The molecule has 3 aromatic carbocycles. The molecule has 7 nitrogen and oxygen atoms in total. The van der Waals surface area contributed by atoms with Crippen LogP contribution in [0, 0.1) is 0 Å². The minimum Gasteiger partial charge on any atom is -0.361 e. The average Bonchev–Trinajstić information content (AvgIpc) is 2.71. The first-order chi connectivity index (χ1) is 14.2. The summed E-state index contributed by atoms with van der Waals surface area (Å²) in [6, 6.07) is 18.4. The van der Waals surface area contributed by atoms with Crippen molar-refractivity contribution in [3.63, 3.8) is 0 Å². The Morgan fingerprint density at radius 2 is 1.63 bits per heavy atom. The number of hydrogen-bond acceptors (Lipinski definition) is 5. The molecule has 1 unspecified atom stereocenters. The number of hydrogen-bond donors (Lipinski definition) is 2. The number of carbonyl (C=O) groups is 2. The van der Waals surface area contributed by atoms with Gasteiger partial charge in [0.25, 0.3) is 16.0 Å². The zero-order valence-electron chi connectivity index (χ0n) is 16.5. The van der Waals surface area contributed by atoms with Crippen LogP contribution in [0.3, 0.4) is 0 Å². The molecule has 0 aliphatic carbocycles. The van der Waals surface area contributed by atoms with Crippen LogP contribution in [0.5, 0.6) is 0 Å². The SMILES string of the molecule is COC(Cc1ccccc1)(C(C)=O)C(=O)Nc1ccc2ccccc2c1S(=O)(=O)O. The minimum atomic E-state index is -4.68. The van der Waals surface area contributed by atoms with Crippen LogP contribution in [0.25, 0.3) is 10.8 Å². The molecular formula is C22H21NO6S. The highest BCUT2D eigenvalue weighted by atomic mass is 32.2. The van der Waals surface area contributed by atoms with E-state index >= 15 is 0 Å². The van der Waals surface area contributed by atoms with Crippen molar-refractivity contribution in [2.45, 2.75) is 23.8 Å². The lowest BCUT2D eigenvalue weighted by atomic mass is 9.89. The van der Waals surface area contributed by atoms with Gasteiger partial charge < -0.3 is 10.1 Å². The Labute approximate surface area is 174 Å². The van der Waals surface area contributed by atoms with Gasteiger partial charge in [0.15, 0.2) is 5.78 Å². The van der Waals surface area contributed by atoms with Crippen molar-refractivity contribution in [2.75, 3.05) is 12.4 Å². The predicted molar refractivity (Wildman–Crippen MR) is 113 cm³/mol. The van der Waals surface area contributed by atoms with Crippen LogP contribution in [-0.2, 0) is 30.9 Å². The third-order valence-corrected chi connectivity index (χ3v) is 5.92. The number of ketones is 1. The van der Waals surface area contributed by atoms with Crippen molar-refractivity contribution in [2.24, 2.45) is 0 Å². The number of carbonyl (C=O) groups excluding carboxylic acids is 2. The van der Waals surface area contributed by atoms with E-state index in [9.17, 15) is 22.6 Å². The molecule has 0 spiro atoms. The lowest BCUT2D eigenvalue weighted by Crippen LogP contribution is -2.52. The van der Waals surface area contributed by atoms with E-state index in [1.54, 1.807) is 54.6 Å². The first kappa shape index (κ1) is 21.6. The Bertz CT molecular complexity index is 1210. The van der Waals surface area contributed by atoms with Gasteiger partial charge in [-0.1, -0.05) is 60.7 Å². The lowest BCUT2D eigenvalue weighted by molar-refractivity contribution is -0.151. The highest BCUT2D eigenvalue weighted by Gasteiger charge is 2.44. The highest BCUT2D eigenvalue weighted by molar-refractivity contribution is 7.86. The van der Waals surface area contributed by atoms with Gasteiger partial charge in [-0.25, -0.2) is 0 Å². The maximum atomic E-state index is 13.2. The number of methoxy groups -OCH3 is 1. The topological polar surface area (TPSA) is 110 Å². The monoisotopic (exact) mass is 427 g/mol. The zero-order chi connectivity index (χ0) is 21.9. The van der Waals surface area contributed by atoms with Crippen LogP contribution in [0.1, 0.15) is 12.5 Å². The van der Waals surface area contributed by atoms with Crippen LogP contribution in [0.2, 0.25) is 0 Å². The Morgan fingerprint density at radius 1 is 1.00 bits per heavy atom. The molecule has 3 aromatic rings. The van der Waals surface area contributed by atoms with Gasteiger partial charge in [0, 0.05) is 18.9 Å². The van der Waals surface area contributed by atoms with Crippen molar-refractivity contribution in [3.8, 4) is 0 Å². The van der Waals surface area contributed by atoms with Gasteiger partial charge in [0.1, 0.15) is 4.90 Å². The smallest absolute Gasteiger partial charge is 0.297 e. The number of Topliss-reactive ketones (excluding diaryl/α,β-unsaturated/α-hetero) is 1. The molecule has 0 saturated heterocycles. The van der Waals surface area contributed by atoms with Gasteiger partial charge in [-0.2, -0.15) is 8.42 Å². The van der Waals surface area contributed by atoms with Gasteiger partial charge in [0.2, 0.25) is 5.60 Å². The molecule has 156 valence electrons. The van der Waals surface area contributed by atoms with Gasteiger partial charge in [-0.15, -0.1) is 0 Å². The fraction of sp³-hybridized carbons (Fsp3) is 0.182. The molecular weight excluding hydrogens is 406 g/mol. The normalized spacial score (nSPS) is 13.6. The minimum absolute atomic E-state index is 0.0414. The van der Waals surface area contributed by atoms with Gasteiger partial charge in [-0.05, 0) is 23.9 Å². The van der Waals surface area contributed by atoms with Crippen molar-refractivity contribution < 1.29 is 27.3 Å². The van der Waals surface area contributed by atoms with E-state index in [0.717, 1.165) is 0 Å². The Kier molecular flexibility index (Phi) is 6.02. The second-order valence-corrected chi connectivity index (χ2v) is 8.20. The number of rotatable bonds is 7. The molecule has 3 rings (SSSR count). The number of benzene rings is 3. The maximum Gasteiger partial charge on any atom is 0.297 e. The summed E-state index contributed by atoms with van der Waals surface area (Å²) in [6.45, 7) is 1.23. The van der Waals surface area contributed by atoms with Gasteiger partial charge >= 0.3 is 0 Å². The summed E-state index contributed by atoms with van der Waals surface area (Å²) in [5.74, 6) is -1.37. The molecule has 0 radical (unpaired) electrons. The Hall–Kier alpha value is -3.07. The molecule has 30 heavy (non-hydrogen) atoms. The number of anilines is 1. The van der Waals surface area contributed by atoms with Crippen molar-refractivity contribution in [1.82, 2.24) is 0 Å². The molecule has 0 fully saturated rings. The molecule has 1 amide bonds. The summed E-state index contributed by atoms with van der Waals surface area (Å²) in [5.41, 5.74) is -1.32. The number of ether oxygens (including phenoxy) is 1. The quantitative estimate of drug-likeness (QED) is 0.442. The summed E-state index contributed by atoms with van der Waals surface area (Å²) in [4.78, 5) is 25.2. The van der Waals surface area contributed by atoms with Gasteiger partial charge in [-0.3, -0.25) is 14.1 Å². The second kappa shape index (κ2) is 8.35. The van der Waals surface area contributed by atoms with E-state index in [4.69, 9.17) is 4.74 Å². The lowest BCUT2D eigenvalue weighted by Gasteiger charge is -2.29. The zero-order valence-corrected chi connectivity index (χ0v) is 17.3. The fourth-order valence-electron chi connectivity index (χ4n) is 3.40.